The summed E-state index contributed by atoms with van der Waals surface area (Å²) in [5.74, 6) is 0.228. The molecule has 0 fully saturated rings. The molecule has 0 atom stereocenters. The maximum absolute atomic E-state index is 10.0. The lowest BCUT2D eigenvalue weighted by atomic mass is 10.2. The van der Waals surface area contributed by atoms with E-state index in [1.165, 1.54) is 0 Å². The molecule has 0 rings (SSSR count). The van der Waals surface area contributed by atoms with Gasteiger partial charge in [-0.1, -0.05) is 13.8 Å². The second-order valence-electron chi connectivity index (χ2n) is 2.17. The summed E-state index contributed by atoms with van der Waals surface area (Å²) in [7, 11) is -4.31. The molecule has 4 nitrogen and oxygen atoms in total. The SMILES string of the molecule is CC(C)/C=C\OP(=O)(O)O. The van der Waals surface area contributed by atoms with E-state index in [1.807, 2.05) is 13.8 Å². The number of phosphoric ester groups is 1. The molecule has 0 spiro atoms. The lowest BCUT2D eigenvalue weighted by Gasteiger charge is -2.00. The summed E-state index contributed by atoms with van der Waals surface area (Å²) in [5, 5.41) is 0. The zero-order chi connectivity index (χ0) is 8.20. The predicted molar refractivity (Wildman–Crippen MR) is 37.1 cm³/mol. The van der Waals surface area contributed by atoms with E-state index in [-0.39, 0.29) is 5.92 Å². The molecule has 0 aliphatic heterocycles. The van der Waals surface area contributed by atoms with Crippen LogP contribution in [0.25, 0.3) is 0 Å². The van der Waals surface area contributed by atoms with Crippen LogP contribution in [0.3, 0.4) is 0 Å². The Labute approximate surface area is 59.8 Å². The normalized spacial score (nSPS) is 12.9. The second kappa shape index (κ2) is 3.76. The van der Waals surface area contributed by atoms with Crippen LogP contribution in [0, 0.1) is 5.92 Å². The molecule has 0 aliphatic carbocycles. The Hall–Kier alpha value is -0.310. The monoisotopic (exact) mass is 166 g/mol. The van der Waals surface area contributed by atoms with Gasteiger partial charge in [0.05, 0.1) is 6.26 Å². The maximum atomic E-state index is 10.0. The van der Waals surface area contributed by atoms with Gasteiger partial charge in [-0.25, -0.2) is 4.57 Å². The average Bonchev–Trinajstić information content (AvgIpc) is 1.59. The number of allylic oxidation sites excluding steroid dienone is 1. The summed E-state index contributed by atoms with van der Waals surface area (Å²) in [6.07, 6.45) is 2.57. The minimum Gasteiger partial charge on any atom is -0.413 e. The van der Waals surface area contributed by atoms with Gasteiger partial charge in [0.15, 0.2) is 0 Å². The van der Waals surface area contributed by atoms with Crippen LogP contribution in [0.1, 0.15) is 13.8 Å². The van der Waals surface area contributed by atoms with Crippen molar-refractivity contribution < 1.29 is 18.9 Å². The third-order valence-electron chi connectivity index (χ3n) is 0.662. The Morgan fingerprint density at radius 3 is 2.30 bits per heavy atom. The van der Waals surface area contributed by atoms with Crippen molar-refractivity contribution in [3.63, 3.8) is 0 Å². The Morgan fingerprint density at radius 1 is 1.50 bits per heavy atom. The van der Waals surface area contributed by atoms with Crippen molar-refractivity contribution in [3.8, 4) is 0 Å². The van der Waals surface area contributed by atoms with Crippen molar-refractivity contribution >= 4 is 7.82 Å². The lowest BCUT2D eigenvalue weighted by molar-refractivity contribution is 0.258. The fraction of sp³-hybridized carbons (Fsp3) is 0.600. The van der Waals surface area contributed by atoms with Crippen molar-refractivity contribution in [1.82, 2.24) is 0 Å². The minimum atomic E-state index is -4.31. The standard InChI is InChI=1S/C5H11O4P/c1-5(2)3-4-9-10(6,7)8/h3-5H,1-2H3,(H2,6,7,8)/b4-3-. The van der Waals surface area contributed by atoms with Crippen molar-refractivity contribution in [3.05, 3.63) is 12.3 Å². The number of phosphoric acid groups is 1. The number of hydrogen-bond acceptors (Lipinski definition) is 2. The van der Waals surface area contributed by atoms with E-state index in [9.17, 15) is 4.57 Å². The minimum absolute atomic E-state index is 0.228. The first-order chi connectivity index (χ1) is 4.42. The quantitative estimate of drug-likeness (QED) is 0.489. The fourth-order valence-electron chi connectivity index (χ4n) is 0.272. The highest BCUT2D eigenvalue weighted by atomic mass is 31.2. The van der Waals surface area contributed by atoms with E-state index in [1.54, 1.807) is 6.08 Å². The molecule has 0 aromatic heterocycles. The van der Waals surface area contributed by atoms with Gasteiger partial charge in [-0.2, -0.15) is 0 Å². The first kappa shape index (κ1) is 9.69. The maximum Gasteiger partial charge on any atom is 0.524 e. The molecule has 0 saturated carbocycles. The van der Waals surface area contributed by atoms with Crippen molar-refractivity contribution in [2.75, 3.05) is 0 Å². The van der Waals surface area contributed by atoms with E-state index in [4.69, 9.17) is 9.79 Å². The molecule has 0 aromatic carbocycles. The van der Waals surface area contributed by atoms with Gasteiger partial charge in [0.25, 0.3) is 0 Å². The van der Waals surface area contributed by atoms with E-state index in [0.717, 1.165) is 6.26 Å². The Balaban J connectivity index is 3.65. The largest absolute Gasteiger partial charge is 0.524 e. The van der Waals surface area contributed by atoms with Crippen LogP contribution in [-0.4, -0.2) is 9.79 Å². The Morgan fingerprint density at radius 2 is 2.00 bits per heavy atom. The summed E-state index contributed by atoms with van der Waals surface area (Å²) >= 11 is 0. The molecule has 0 radical (unpaired) electrons. The topological polar surface area (TPSA) is 66.8 Å². The highest BCUT2D eigenvalue weighted by Gasteiger charge is 2.10. The van der Waals surface area contributed by atoms with Crippen LogP contribution < -0.4 is 0 Å². The molecule has 2 N–H and O–H groups in total. The average molecular weight is 166 g/mol. The molecule has 0 amide bonds. The number of hydrogen-bond donors (Lipinski definition) is 2. The van der Waals surface area contributed by atoms with Crippen molar-refractivity contribution in [2.45, 2.75) is 13.8 Å². The summed E-state index contributed by atoms with van der Waals surface area (Å²) < 4.78 is 14.1. The number of rotatable bonds is 3. The molecule has 5 heteroatoms. The molecular weight excluding hydrogens is 155 g/mol. The summed E-state index contributed by atoms with van der Waals surface area (Å²) in [6, 6.07) is 0. The van der Waals surface area contributed by atoms with Crippen LogP contribution in [0.15, 0.2) is 12.3 Å². The molecule has 0 saturated heterocycles. The van der Waals surface area contributed by atoms with Gasteiger partial charge < -0.3 is 4.52 Å². The predicted octanol–water partition coefficient (Wildman–Crippen LogP) is 1.27. The van der Waals surface area contributed by atoms with Gasteiger partial charge in [-0.15, -0.1) is 0 Å². The molecule has 0 unspecified atom stereocenters. The van der Waals surface area contributed by atoms with E-state index in [0.29, 0.717) is 0 Å². The summed E-state index contributed by atoms with van der Waals surface area (Å²) in [5.41, 5.74) is 0. The molecule has 0 aliphatic rings. The molecule has 60 valence electrons. The van der Waals surface area contributed by atoms with Crippen LogP contribution in [0.5, 0.6) is 0 Å². The van der Waals surface area contributed by atoms with Gasteiger partial charge in [0.2, 0.25) is 0 Å². The van der Waals surface area contributed by atoms with Crippen LogP contribution in [0.4, 0.5) is 0 Å². The smallest absolute Gasteiger partial charge is 0.413 e. The van der Waals surface area contributed by atoms with Crippen molar-refractivity contribution in [2.24, 2.45) is 5.92 Å². The molecule has 0 bridgehead atoms. The zero-order valence-corrected chi connectivity index (χ0v) is 6.78. The van der Waals surface area contributed by atoms with Gasteiger partial charge in [0.1, 0.15) is 0 Å². The highest BCUT2D eigenvalue weighted by Crippen LogP contribution is 2.35. The molecule has 0 heterocycles. The van der Waals surface area contributed by atoms with E-state index >= 15 is 0 Å². The van der Waals surface area contributed by atoms with Crippen LogP contribution >= 0.6 is 7.82 Å². The lowest BCUT2D eigenvalue weighted by Crippen LogP contribution is -1.81. The molecular formula is C5H11O4P. The first-order valence-corrected chi connectivity index (χ1v) is 4.35. The van der Waals surface area contributed by atoms with Crippen LogP contribution in [-0.2, 0) is 9.09 Å². The third kappa shape index (κ3) is 7.69. The Bertz CT molecular complexity index is 157. The fourth-order valence-corrected chi connectivity index (χ4v) is 0.500. The third-order valence-corrected chi connectivity index (χ3v) is 1.06. The second-order valence-corrected chi connectivity index (χ2v) is 3.36. The highest BCUT2D eigenvalue weighted by molar-refractivity contribution is 7.46. The van der Waals surface area contributed by atoms with Crippen LogP contribution in [0.2, 0.25) is 0 Å². The summed E-state index contributed by atoms with van der Waals surface area (Å²) in [4.78, 5) is 16.3. The molecule has 0 aromatic rings. The van der Waals surface area contributed by atoms with Gasteiger partial charge in [-0.05, 0) is 12.0 Å². The van der Waals surface area contributed by atoms with E-state index in [2.05, 4.69) is 4.52 Å². The first-order valence-electron chi connectivity index (χ1n) is 2.82. The van der Waals surface area contributed by atoms with Gasteiger partial charge in [-0.3, -0.25) is 9.79 Å². The van der Waals surface area contributed by atoms with E-state index < -0.39 is 7.82 Å². The summed E-state index contributed by atoms with van der Waals surface area (Å²) in [6.45, 7) is 3.75. The Kier molecular flexibility index (Phi) is 3.64. The molecule has 10 heavy (non-hydrogen) atoms. The van der Waals surface area contributed by atoms with Gasteiger partial charge >= 0.3 is 7.82 Å². The van der Waals surface area contributed by atoms with Gasteiger partial charge in [0, 0.05) is 0 Å². The zero-order valence-electron chi connectivity index (χ0n) is 5.89. The van der Waals surface area contributed by atoms with Crippen molar-refractivity contribution in [1.29, 1.82) is 0 Å².